The van der Waals surface area contributed by atoms with Gasteiger partial charge in [0.1, 0.15) is 0 Å². The van der Waals surface area contributed by atoms with E-state index in [4.69, 9.17) is 0 Å². The van der Waals surface area contributed by atoms with Gasteiger partial charge in [0.15, 0.2) is 0 Å². The summed E-state index contributed by atoms with van der Waals surface area (Å²) in [6.07, 6.45) is 2.91. The molecule has 4 nitrogen and oxygen atoms in total. The van der Waals surface area contributed by atoms with Gasteiger partial charge in [0.2, 0.25) is 5.91 Å². The highest BCUT2D eigenvalue weighted by molar-refractivity contribution is 7.99. The van der Waals surface area contributed by atoms with Gasteiger partial charge in [0, 0.05) is 12.5 Å². The quantitative estimate of drug-likeness (QED) is 0.778. The summed E-state index contributed by atoms with van der Waals surface area (Å²) in [5.41, 5.74) is -0.806. The van der Waals surface area contributed by atoms with Gasteiger partial charge >= 0.3 is 5.97 Å². The van der Waals surface area contributed by atoms with Gasteiger partial charge in [-0.1, -0.05) is 13.8 Å². The van der Waals surface area contributed by atoms with E-state index in [1.165, 1.54) is 0 Å². The summed E-state index contributed by atoms with van der Waals surface area (Å²) in [5.74, 6) is 1.36. The lowest BCUT2D eigenvalue weighted by atomic mass is 9.82. The normalized spacial score (nSPS) is 17.4. The summed E-state index contributed by atoms with van der Waals surface area (Å²) in [6.45, 7) is 3.97. The number of hydrogen-bond donors (Lipinski definition) is 2. The summed E-state index contributed by atoms with van der Waals surface area (Å²) in [7, 11) is 0. The lowest BCUT2D eigenvalue weighted by Gasteiger charge is -2.28. The number of carbonyl (C=O) groups excluding carboxylic acids is 1. The highest BCUT2D eigenvalue weighted by atomic mass is 32.2. The molecular weight excluding hydrogens is 250 g/mol. The van der Waals surface area contributed by atoms with Crippen molar-refractivity contribution in [1.82, 2.24) is 5.32 Å². The molecule has 1 saturated heterocycles. The fourth-order valence-electron chi connectivity index (χ4n) is 2.24. The molecule has 0 unspecified atom stereocenters. The number of carbonyl (C=O) groups is 2. The van der Waals surface area contributed by atoms with Crippen molar-refractivity contribution in [2.45, 2.75) is 39.5 Å². The molecule has 5 heteroatoms. The second-order valence-electron chi connectivity index (χ2n) is 4.90. The van der Waals surface area contributed by atoms with Crippen LogP contribution in [-0.2, 0) is 9.59 Å². The molecule has 0 radical (unpaired) electrons. The van der Waals surface area contributed by atoms with Crippen molar-refractivity contribution in [3.8, 4) is 0 Å². The average molecular weight is 273 g/mol. The van der Waals surface area contributed by atoms with Gasteiger partial charge in [-0.15, -0.1) is 0 Å². The zero-order valence-electron chi connectivity index (χ0n) is 11.2. The third kappa shape index (κ3) is 3.64. The molecule has 1 amide bonds. The molecule has 0 spiro atoms. The number of hydrogen-bond acceptors (Lipinski definition) is 3. The Morgan fingerprint density at radius 3 is 2.28 bits per heavy atom. The Balaban J connectivity index is 2.51. The summed E-state index contributed by atoms with van der Waals surface area (Å²) < 4.78 is 0. The standard InChI is InChI=1S/C13H23NO3S/c1-3-13(4-2,12(16)17)9-14-11(15)10-5-7-18-8-6-10/h10H,3-9H2,1-2H3,(H,14,15)(H,16,17). The highest BCUT2D eigenvalue weighted by Gasteiger charge is 2.35. The van der Waals surface area contributed by atoms with E-state index in [0.717, 1.165) is 24.3 Å². The van der Waals surface area contributed by atoms with E-state index in [9.17, 15) is 14.7 Å². The largest absolute Gasteiger partial charge is 0.481 e. The van der Waals surface area contributed by atoms with Crippen molar-refractivity contribution in [3.05, 3.63) is 0 Å². The Morgan fingerprint density at radius 1 is 1.28 bits per heavy atom. The van der Waals surface area contributed by atoms with Crippen molar-refractivity contribution in [1.29, 1.82) is 0 Å². The van der Waals surface area contributed by atoms with Crippen LogP contribution in [0.5, 0.6) is 0 Å². The molecule has 0 bridgehead atoms. The van der Waals surface area contributed by atoms with Crippen LogP contribution in [0.4, 0.5) is 0 Å². The molecule has 1 fully saturated rings. The first-order valence-corrected chi connectivity index (χ1v) is 7.80. The van der Waals surface area contributed by atoms with E-state index in [1.54, 1.807) is 0 Å². The van der Waals surface area contributed by atoms with Crippen LogP contribution in [0.15, 0.2) is 0 Å². The second kappa shape index (κ2) is 7.02. The summed E-state index contributed by atoms with van der Waals surface area (Å²) in [4.78, 5) is 23.3. The molecule has 0 aromatic heterocycles. The Kier molecular flexibility index (Phi) is 5.99. The number of thioether (sulfide) groups is 1. The topological polar surface area (TPSA) is 66.4 Å². The predicted octanol–water partition coefficient (Wildman–Crippen LogP) is 2.14. The smallest absolute Gasteiger partial charge is 0.311 e. The summed E-state index contributed by atoms with van der Waals surface area (Å²) in [6, 6.07) is 0. The number of aliphatic carboxylic acids is 1. The van der Waals surface area contributed by atoms with E-state index in [0.29, 0.717) is 12.8 Å². The van der Waals surface area contributed by atoms with Crippen LogP contribution in [0.1, 0.15) is 39.5 Å². The van der Waals surface area contributed by atoms with Gasteiger partial charge in [-0.25, -0.2) is 0 Å². The molecule has 18 heavy (non-hydrogen) atoms. The van der Waals surface area contributed by atoms with Crippen molar-refractivity contribution >= 4 is 23.6 Å². The second-order valence-corrected chi connectivity index (χ2v) is 6.12. The van der Waals surface area contributed by atoms with Crippen LogP contribution >= 0.6 is 11.8 Å². The average Bonchev–Trinajstić information content (AvgIpc) is 2.41. The highest BCUT2D eigenvalue weighted by Crippen LogP contribution is 2.27. The maximum atomic E-state index is 12.0. The van der Waals surface area contributed by atoms with Gasteiger partial charge in [-0.05, 0) is 37.2 Å². The minimum absolute atomic E-state index is 0.0304. The van der Waals surface area contributed by atoms with E-state index < -0.39 is 11.4 Å². The van der Waals surface area contributed by atoms with Crippen molar-refractivity contribution in [3.63, 3.8) is 0 Å². The van der Waals surface area contributed by atoms with Crippen molar-refractivity contribution < 1.29 is 14.7 Å². The first-order valence-electron chi connectivity index (χ1n) is 6.64. The third-order valence-electron chi connectivity index (χ3n) is 4.00. The zero-order chi connectivity index (χ0) is 13.6. The molecule has 1 aliphatic heterocycles. The van der Waals surface area contributed by atoms with E-state index in [1.807, 2.05) is 25.6 Å². The minimum Gasteiger partial charge on any atom is -0.481 e. The molecule has 1 aliphatic rings. The maximum absolute atomic E-state index is 12.0. The molecule has 0 aromatic rings. The maximum Gasteiger partial charge on any atom is 0.311 e. The molecule has 0 atom stereocenters. The number of amides is 1. The van der Waals surface area contributed by atoms with E-state index in [-0.39, 0.29) is 18.4 Å². The SMILES string of the molecule is CCC(CC)(CNC(=O)C1CCSCC1)C(=O)O. The number of carboxylic acid groups (broad SMARTS) is 1. The fourth-order valence-corrected chi connectivity index (χ4v) is 3.34. The van der Waals surface area contributed by atoms with Gasteiger partial charge in [-0.2, -0.15) is 11.8 Å². The number of nitrogens with one attached hydrogen (secondary N) is 1. The molecular formula is C13H23NO3S. The molecule has 104 valence electrons. The number of rotatable bonds is 6. The lowest BCUT2D eigenvalue weighted by Crippen LogP contribution is -2.44. The predicted molar refractivity (Wildman–Crippen MR) is 73.7 cm³/mol. The Morgan fingerprint density at radius 2 is 1.83 bits per heavy atom. The van der Waals surface area contributed by atoms with Gasteiger partial charge in [0.05, 0.1) is 5.41 Å². The Bertz CT molecular complexity index is 297. The molecule has 1 heterocycles. The molecule has 1 rings (SSSR count). The van der Waals surface area contributed by atoms with Gasteiger partial charge in [-0.3, -0.25) is 9.59 Å². The van der Waals surface area contributed by atoms with Crippen LogP contribution in [0.2, 0.25) is 0 Å². The van der Waals surface area contributed by atoms with Crippen LogP contribution in [0, 0.1) is 11.3 Å². The molecule has 2 N–H and O–H groups in total. The van der Waals surface area contributed by atoms with E-state index >= 15 is 0 Å². The zero-order valence-corrected chi connectivity index (χ0v) is 12.0. The first-order chi connectivity index (χ1) is 8.55. The fraction of sp³-hybridized carbons (Fsp3) is 0.846. The summed E-state index contributed by atoms with van der Waals surface area (Å²) in [5, 5.41) is 12.1. The molecule has 0 aromatic carbocycles. The minimum atomic E-state index is -0.813. The van der Waals surface area contributed by atoms with Crippen LogP contribution < -0.4 is 5.32 Å². The summed E-state index contributed by atoms with van der Waals surface area (Å²) >= 11 is 1.88. The monoisotopic (exact) mass is 273 g/mol. The lowest BCUT2D eigenvalue weighted by molar-refractivity contribution is -0.149. The van der Waals surface area contributed by atoms with Crippen LogP contribution in [-0.4, -0.2) is 35.0 Å². The Labute approximate surface area is 113 Å². The van der Waals surface area contributed by atoms with Crippen LogP contribution in [0.25, 0.3) is 0 Å². The Hall–Kier alpha value is -0.710. The number of carboxylic acids is 1. The van der Waals surface area contributed by atoms with E-state index in [2.05, 4.69) is 5.32 Å². The molecule has 0 aliphatic carbocycles. The van der Waals surface area contributed by atoms with Crippen LogP contribution in [0.3, 0.4) is 0 Å². The van der Waals surface area contributed by atoms with Gasteiger partial charge < -0.3 is 10.4 Å². The van der Waals surface area contributed by atoms with Crippen molar-refractivity contribution in [2.75, 3.05) is 18.1 Å². The van der Waals surface area contributed by atoms with Gasteiger partial charge in [0.25, 0.3) is 0 Å². The molecule has 0 saturated carbocycles. The third-order valence-corrected chi connectivity index (χ3v) is 5.05. The first kappa shape index (κ1) is 15.3. The van der Waals surface area contributed by atoms with Crippen molar-refractivity contribution in [2.24, 2.45) is 11.3 Å².